The fraction of sp³-hybridized carbons (Fsp3) is 0.438. The molecule has 0 saturated carbocycles. The Morgan fingerprint density at radius 3 is 2.62 bits per heavy atom. The average molecular weight is 369 g/mol. The highest BCUT2D eigenvalue weighted by Gasteiger charge is 2.13. The van der Waals surface area contributed by atoms with Crippen LogP contribution in [-0.2, 0) is 11.5 Å². The van der Waals surface area contributed by atoms with Gasteiger partial charge in [0, 0.05) is 32.1 Å². The van der Waals surface area contributed by atoms with Gasteiger partial charge in [-0.1, -0.05) is 38.9 Å². The van der Waals surface area contributed by atoms with Crippen molar-refractivity contribution in [1.29, 1.82) is 0 Å². The van der Waals surface area contributed by atoms with Gasteiger partial charge in [-0.05, 0) is 35.0 Å². The Bertz CT molecular complexity index is 541. The minimum atomic E-state index is -1.04. The van der Waals surface area contributed by atoms with Crippen LogP contribution in [0.2, 0.25) is 25.7 Å². The quantitative estimate of drug-likeness (QED) is 0.344. The van der Waals surface area contributed by atoms with Gasteiger partial charge in [0.25, 0.3) is 0 Å². The van der Waals surface area contributed by atoms with Crippen LogP contribution in [0.15, 0.2) is 30.4 Å². The summed E-state index contributed by atoms with van der Waals surface area (Å²) in [5, 5.41) is 0. The molecule has 0 aliphatic heterocycles. The number of hydrogen-bond acceptors (Lipinski definition) is 2. The molecule has 0 spiro atoms. The molecule has 1 aromatic rings. The maximum Gasteiger partial charge on any atom is 0.122 e. The van der Waals surface area contributed by atoms with E-state index in [1.54, 1.807) is 6.08 Å². The van der Waals surface area contributed by atoms with Gasteiger partial charge < -0.3 is 9.30 Å². The number of ether oxygens (including phenoxy) is 1. The first-order valence-electron chi connectivity index (χ1n) is 7.05. The monoisotopic (exact) mass is 368 g/mol. The van der Waals surface area contributed by atoms with Crippen molar-refractivity contribution in [1.82, 2.24) is 4.57 Å². The fourth-order valence-electron chi connectivity index (χ4n) is 1.79. The molecule has 0 aliphatic rings. The molecule has 0 fully saturated rings. The Kier molecular flexibility index (Phi) is 6.84. The Morgan fingerprint density at radius 2 is 2.10 bits per heavy atom. The molecule has 0 atom stereocenters. The number of hydrogen-bond donors (Lipinski definition) is 0. The summed E-state index contributed by atoms with van der Waals surface area (Å²) >= 11 is 3.37. The minimum Gasteiger partial charge on any atom is -0.361 e. The lowest BCUT2D eigenvalue weighted by Gasteiger charge is -2.16. The van der Waals surface area contributed by atoms with E-state index in [4.69, 9.17) is 4.74 Å². The fourth-order valence-corrected chi connectivity index (χ4v) is 2.73. The van der Waals surface area contributed by atoms with E-state index >= 15 is 0 Å². The summed E-state index contributed by atoms with van der Waals surface area (Å²) in [5.41, 5.74) is 2.97. The standard InChI is InChI=1S/C16H25BrN2OSi/c1-7-14-11-19(12-20-9-10-21(4,5)6)13(3)16(14)18-15(17)8-2/h7-8,11H,1-2,9-10,12H2,3-6H3. The molecule has 1 heterocycles. The second-order valence-corrected chi connectivity index (χ2v) is 12.6. The molecule has 0 aliphatic carbocycles. The molecule has 0 saturated heterocycles. The lowest BCUT2D eigenvalue weighted by molar-refractivity contribution is 0.0862. The minimum absolute atomic E-state index is 0.554. The molecular weight excluding hydrogens is 344 g/mol. The van der Waals surface area contributed by atoms with Gasteiger partial charge in [0.1, 0.15) is 11.4 Å². The van der Waals surface area contributed by atoms with Crippen LogP contribution in [0.4, 0.5) is 5.69 Å². The SMILES string of the molecule is C=CC(Br)=Nc1c(C=C)cn(COCC[Si](C)(C)C)c1C. The summed E-state index contributed by atoms with van der Waals surface area (Å²) in [7, 11) is -1.04. The summed E-state index contributed by atoms with van der Waals surface area (Å²) in [6.45, 7) is 18.0. The third-order valence-corrected chi connectivity index (χ3v) is 5.38. The van der Waals surface area contributed by atoms with Crippen molar-refractivity contribution in [2.45, 2.75) is 39.3 Å². The molecule has 1 aromatic heterocycles. The lowest BCUT2D eigenvalue weighted by Crippen LogP contribution is -2.22. The van der Waals surface area contributed by atoms with Crippen molar-refractivity contribution >= 4 is 40.4 Å². The lowest BCUT2D eigenvalue weighted by atomic mass is 10.2. The zero-order valence-electron chi connectivity index (χ0n) is 13.4. The Hall–Kier alpha value is -0.913. The van der Waals surface area contributed by atoms with E-state index in [1.165, 1.54) is 6.04 Å². The van der Waals surface area contributed by atoms with Crippen molar-refractivity contribution in [2.24, 2.45) is 4.99 Å². The van der Waals surface area contributed by atoms with E-state index in [-0.39, 0.29) is 0 Å². The van der Waals surface area contributed by atoms with Crippen molar-refractivity contribution in [3.8, 4) is 0 Å². The first kappa shape index (κ1) is 18.1. The normalized spacial score (nSPS) is 12.5. The predicted molar refractivity (Wildman–Crippen MR) is 99.6 cm³/mol. The van der Waals surface area contributed by atoms with Crippen LogP contribution in [0.25, 0.3) is 6.08 Å². The number of halogens is 1. The summed E-state index contributed by atoms with van der Waals surface area (Å²) in [4.78, 5) is 4.51. The summed E-state index contributed by atoms with van der Waals surface area (Å²) in [6, 6.07) is 1.18. The van der Waals surface area contributed by atoms with E-state index < -0.39 is 8.07 Å². The van der Waals surface area contributed by atoms with Crippen LogP contribution in [0.3, 0.4) is 0 Å². The predicted octanol–water partition coefficient (Wildman–Crippen LogP) is 5.36. The molecular formula is C16H25BrN2OSi. The van der Waals surface area contributed by atoms with Crippen LogP contribution in [-0.4, -0.2) is 23.9 Å². The van der Waals surface area contributed by atoms with Gasteiger partial charge in [-0.3, -0.25) is 0 Å². The molecule has 0 radical (unpaired) electrons. The van der Waals surface area contributed by atoms with Crippen molar-refractivity contribution in [2.75, 3.05) is 6.61 Å². The van der Waals surface area contributed by atoms with E-state index in [1.807, 2.05) is 19.2 Å². The molecule has 3 nitrogen and oxygen atoms in total. The van der Waals surface area contributed by atoms with E-state index in [9.17, 15) is 0 Å². The molecule has 0 unspecified atom stereocenters. The van der Waals surface area contributed by atoms with Gasteiger partial charge in [0.15, 0.2) is 0 Å². The van der Waals surface area contributed by atoms with Crippen molar-refractivity contribution < 1.29 is 4.74 Å². The van der Waals surface area contributed by atoms with Crippen LogP contribution >= 0.6 is 15.9 Å². The van der Waals surface area contributed by atoms with Gasteiger partial charge in [-0.2, -0.15) is 0 Å². The summed E-state index contributed by atoms with van der Waals surface area (Å²) < 4.78 is 8.59. The molecule has 1 rings (SSSR count). The van der Waals surface area contributed by atoms with Crippen LogP contribution in [0.1, 0.15) is 11.3 Å². The molecule has 0 bridgehead atoms. The third kappa shape index (κ3) is 5.77. The highest BCUT2D eigenvalue weighted by atomic mass is 79.9. The van der Waals surface area contributed by atoms with Crippen LogP contribution in [0, 0.1) is 6.92 Å². The number of allylic oxidation sites excluding steroid dienone is 1. The third-order valence-electron chi connectivity index (χ3n) is 3.18. The largest absolute Gasteiger partial charge is 0.361 e. The van der Waals surface area contributed by atoms with E-state index in [0.717, 1.165) is 23.6 Å². The second kappa shape index (κ2) is 7.92. The molecule has 21 heavy (non-hydrogen) atoms. The zero-order valence-corrected chi connectivity index (χ0v) is 16.0. The van der Waals surface area contributed by atoms with Gasteiger partial charge in [-0.25, -0.2) is 4.99 Å². The number of aliphatic imine (C=N–C) groups is 1. The van der Waals surface area contributed by atoms with Gasteiger partial charge >= 0.3 is 0 Å². The first-order valence-corrected chi connectivity index (χ1v) is 11.5. The number of nitrogens with zero attached hydrogens (tertiary/aromatic N) is 2. The van der Waals surface area contributed by atoms with Crippen molar-refractivity contribution in [3.05, 3.63) is 36.7 Å². The van der Waals surface area contributed by atoms with Gasteiger partial charge in [-0.15, -0.1) is 0 Å². The Morgan fingerprint density at radius 1 is 1.43 bits per heavy atom. The molecule has 116 valence electrons. The smallest absolute Gasteiger partial charge is 0.122 e. The first-order chi connectivity index (χ1) is 9.78. The molecule has 5 heteroatoms. The average Bonchev–Trinajstić information content (AvgIpc) is 2.70. The Labute approximate surface area is 137 Å². The highest BCUT2D eigenvalue weighted by molar-refractivity contribution is 9.18. The Balaban J connectivity index is 2.81. The summed E-state index contributed by atoms with van der Waals surface area (Å²) in [5.74, 6) is 0. The van der Waals surface area contributed by atoms with Crippen molar-refractivity contribution in [3.63, 3.8) is 0 Å². The van der Waals surface area contributed by atoms with Crippen LogP contribution in [0.5, 0.6) is 0 Å². The van der Waals surface area contributed by atoms with Crippen LogP contribution < -0.4 is 0 Å². The number of aromatic nitrogens is 1. The van der Waals surface area contributed by atoms with E-state index in [2.05, 4.69) is 58.3 Å². The van der Waals surface area contributed by atoms with Gasteiger partial charge in [0.2, 0.25) is 0 Å². The maximum absolute atomic E-state index is 5.80. The highest BCUT2D eigenvalue weighted by Crippen LogP contribution is 2.28. The summed E-state index contributed by atoms with van der Waals surface area (Å²) in [6.07, 6.45) is 5.51. The molecule has 0 N–H and O–H groups in total. The maximum atomic E-state index is 5.80. The zero-order chi connectivity index (χ0) is 16.0. The van der Waals surface area contributed by atoms with E-state index in [0.29, 0.717) is 11.4 Å². The molecule has 0 aromatic carbocycles. The molecule has 0 amide bonds. The van der Waals surface area contributed by atoms with Gasteiger partial charge in [0.05, 0.1) is 5.69 Å². The topological polar surface area (TPSA) is 26.5 Å². The second-order valence-electron chi connectivity index (χ2n) is 6.18. The number of rotatable bonds is 8.